The fraction of sp³-hybridized carbons (Fsp3) is 0.500. The van der Waals surface area contributed by atoms with Crippen molar-refractivity contribution in [2.45, 2.75) is 6.42 Å². The van der Waals surface area contributed by atoms with Gasteiger partial charge < -0.3 is 19.9 Å². The Morgan fingerprint density at radius 1 is 1.33 bits per heavy atom. The molecule has 7 heteroatoms. The van der Waals surface area contributed by atoms with Gasteiger partial charge in [0.15, 0.2) is 6.54 Å². The van der Waals surface area contributed by atoms with Crippen molar-refractivity contribution < 1.29 is 18.8 Å². The summed E-state index contributed by atoms with van der Waals surface area (Å²) >= 11 is 0. The number of carbonyl (C=O) groups excluding carboxylic acids is 2. The predicted molar refractivity (Wildman–Crippen MR) is 107 cm³/mol. The van der Waals surface area contributed by atoms with Gasteiger partial charge in [0, 0.05) is 25.3 Å². The second-order valence-electron chi connectivity index (χ2n) is 7.34. The fourth-order valence-corrected chi connectivity index (χ4v) is 3.05. The van der Waals surface area contributed by atoms with E-state index < -0.39 is 6.09 Å². The molecular weight excluding hydrogens is 344 g/mol. The van der Waals surface area contributed by atoms with E-state index in [2.05, 4.69) is 36.2 Å². The molecule has 2 rings (SSSR count). The summed E-state index contributed by atoms with van der Waals surface area (Å²) in [4.78, 5) is 26.2. The molecule has 1 aromatic carbocycles. The Bertz CT molecular complexity index is 654. The SMILES string of the molecule is C=CCOC(=O)NCCc1cccc(NC(=O)C[N+]2(C)CCN(C)CC2)c1. The lowest BCUT2D eigenvalue weighted by molar-refractivity contribution is -0.905. The molecule has 1 fully saturated rings. The van der Waals surface area contributed by atoms with Gasteiger partial charge in [-0.2, -0.15) is 0 Å². The van der Waals surface area contributed by atoms with E-state index in [0.29, 0.717) is 19.5 Å². The second kappa shape index (κ2) is 10.1. The number of carbonyl (C=O) groups is 2. The van der Waals surface area contributed by atoms with Gasteiger partial charge >= 0.3 is 6.09 Å². The zero-order chi connectivity index (χ0) is 19.7. The van der Waals surface area contributed by atoms with Crippen molar-refractivity contribution in [3.05, 3.63) is 42.5 Å². The Balaban J connectivity index is 1.79. The van der Waals surface area contributed by atoms with E-state index in [1.807, 2.05) is 24.3 Å². The third-order valence-electron chi connectivity index (χ3n) is 4.79. The van der Waals surface area contributed by atoms with Gasteiger partial charge in [0.1, 0.15) is 6.61 Å². The Morgan fingerprint density at radius 2 is 2.07 bits per heavy atom. The smallest absolute Gasteiger partial charge is 0.407 e. The summed E-state index contributed by atoms with van der Waals surface area (Å²) in [6.07, 6.45) is 1.73. The number of rotatable bonds is 8. The molecule has 1 aliphatic heterocycles. The first-order chi connectivity index (χ1) is 12.9. The normalized spacial score (nSPS) is 16.4. The summed E-state index contributed by atoms with van der Waals surface area (Å²) in [6, 6.07) is 7.71. The molecule has 0 aliphatic carbocycles. The topological polar surface area (TPSA) is 70.7 Å². The molecule has 0 atom stereocenters. The lowest BCUT2D eigenvalue weighted by Gasteiger charge is -2.40. The average molecular weight is 375 g/mol. The Kier molecular flexibility index (Phi) is 7.82. The summed E-state index contributed by atoms with van der Waals surface area (Å²) in [5.74, 6) is 0.0327. The van der Waals surface area contributed by atoms with Crippen LogP contribution < -0.4 is 10.6 Å². The monoisotopic (exact) mass is 375 g/mol. The molecule has 148 valence electrons. The van der Waals surface area contributed by atoms with Gasteiger partial charge in [-0.1, -0.05) is 24.8 Å². The summed E-state index contributed by atoms with van der Waals surface area (Å²) in [6.45, 7) is 8.64. The molecule has 0 spiro atoms. The number of hydrogen-bond donors (Lipinski definition) is 2. The number of nitrogens with zero attached hydrogens (tertiary/aromatic N) is 2. The molecule has 1 heterocycles. The molecule has 0 saturated carbocycles. The molecule has 27 heavy (non-hydrogen) atoms. The van der Waals surface area contributed by atoms with E-state index >= 15 is 0 Å². The van der Waals surface area contributed by atoms with Crippen LogP contribution in [0.15, 0.2) is 36.9 Å². The zero-order valence-corrected chi connectivity index (χ0v) is 16.4. The molecule has 1 aliphatic rings. The number of benzene rings is 1. The lowest BCUT2D eigenvalue weighted by Crippen LogP contribution is -2.58. The van der Waals surface area contributed by atoms with E-state index in [9.17, 15) is 9.59 Å². The molecule has 1 aromatic rings. The molecule has 1 saturated heterocycles. The number of piperazine rings is 1. The molecule has 2 amide bonds. The number of alkyl carbamates (subject to hydrolysis) is 1. The Morgan fingerprint density at radius 3 is 2.78 bits per heavy atom. The van der Waals surface area contributed by atoms with Crippen LogP contribution in [0.5, 0.6) is 0 Å². The number of amides is 2. The van der Waals surface area contributed by atoms with Gasteiger partial charge in [0.05, 0.1) is 20.1 Å². The highest BCUT2D eigenvalue weighted by Crippen LogP contribution is 2.13. The zero-order valence-electron chi connectivity index (χ0n) is 16.4. The minimum Gasteiger partial charge on any atom is -0.445 e. The fourth-order valence-electron chi connectivity index (χ4n) is 3.05. The van der Waals surface area contributed by atoms with Crippen LogP contribution in [0.1, 0.15) is 5.56 Å². The number of nitrogens with one attached hydrogen (secondary N) is 2. The number of ether oxygens (including phenoxy) is 1. The van der Waals surface area contributed by atoms with Crippen LogP contribution in [0.2, 0.25) is 0 Å². The van der Waals surface area contributed by atoms with Crippen molar-refractivity contribution in [1.82, 2.24) is 10.2 Å². The Hall–Kier alpha value is -2.38. The minimum atomic E-state index is -0.455. The molecule has 0 bridgehead atoms. The van der Waals surface area contributed by atoms with Crippen molar-refractivity contribution >= 4 is 17.7 Å². The van der Waals surface area contributed by atoms with E-state index in [4.69, 9.17) is 4.74 Å². The third kappa shape index (κ3) is 7.40. The van der Waals surface area contributed by atoms with Crippen LogP contribution in [-0.4, -0.2) is 81.4 Å². The first-order valence-electron chi connectivity index (χ1n) is 9.33. The van der Waals surface area contributed by atoms with Crippen molar-refractivity contribution in [1.29, 1.82) is 0 Å². The summed E-state index contributed by atoms with van der Waals surface area (Å²) in [7, 11) is 4.25. The van der Waals surface area contributed by atoms with Crippen LogP contribution in [0.4, 0.5) is 10.5 Å². The number of hydrogen-bond acceptors (Lipinski definition) is 4. The quantitative estimate of drug-likeness (QED) is 0.533. The van der Waals surface area contributed by atoms with Crippen molar-refractivity contribution in [2.24, 2.45) is 0 Å². The average Bonchev–Trinajstić information content (AvgIpc) is 2.63. The van der Waals surface area contributed by atoms with Crippen molar-refractivity contribution in [3.63, 3.8) is 0 Å². The van der Waals surface area contributed by atoms with E-state index in [1.165, 1.54) is 6.08 Å². The molecule has 2 N–H and O–H groups in total. The number of likely N-dealkylation sites (N-methyl/N-ethyl adjacent to an activating group) is 2. The van der Waals surface area contributed by atoms with Gasteiger partial charge in [-0.3, -0.25) is 9.69 Å². The molecule has 7 nitrogen and oxygen atoms in total. The first-order valence-corrected chi connectivity index (χ1v) is 9.33. The van der Waals surface area contributed by atoms with Crippen LogP contribution in [-0.2, 0) is 16.0 Å². The Labute approximate surface area is 161 Å². The van der Waals surface area contributed by atoms with Gasteiger partial charge in [-0.25, -0.2) is 4.79 Å². The van der Waals surface area contributed by atoms with E-state index in [-0.39, 0.29) is 12.5 Å². The van der Waals surface area contributed by atoms with E-state index in [1.54, 1.807) is 0 Å². The van der Waals surface area contributed by atoms with Gasteiger partial charge in [-0.15, -0.1) is 0 Å². The maximum atomic E-state index is 12.5. The van der Waals surface area contributed by atoms with Gasteiger partial charge in [-0.05, 0) is 31.2 Å². The number of anilines is 1. The lowest BCUT2D eigenvalue weighted by atomic mass is 10.1. The highest BCUT2D eigenvalue weighted by molar-refractivity contribution is 5.91. The van der Waals surface area contributed by atoms with Crippen molar-refractivity contribution in [2.75, 3.05) is 65.3 Å². The number of quaternary nitrogens is 1. The van der Waals surface area contributed by atoms with Crippen LogP contribution in [0.3, 0.4) is 0 Å². The van der Waals surface area contributed by atoms with Crippen LogP contribution in [0, 0.1) is 0 Å². The largest absolute Gasteiger partial charge is 0.445 e. The van der Waals surface area contributed by atoms with Gasteiger partial charge in [0.25, 0.3) is 5.91 Å². The standard InChI is InChI=1S/C20H30N4O3/c1-4-14-27-20(26)21-9-8-17-6-5-7-18(15-17)22-19(25)16-24(3)12-10-23(2)11-13-24/h4-7,15H,1,8-14,16H2,2-3H3,(H-,21,22,25,26)/p+1. The van der Waals surface area contributed by atoms with Crippen LogP contribution >= 0.6 is 0 Å². The summed E-state index contributed by atoms with van der Waals surface area (Å²) < 4.78 is 5.63. The first kappa shape index (κ1) is 20.9. The molecular formula is C20H31N4O3+. The van der Waals surface area contributed by atoms with E-state index in [0.717, 1.165) is 41.9 Å². The van der Waals surface area contributed by atoms with Crippen molar-refractivity contribution in [3.8, 4) is 0 Å². The predicted octanol–water partition coefficient (Wildman–Crippen LogP) is 1.47. The maximum absolute atomic E-state index is 12.5. The van der Waals surface area contributed by atoms with Crippen LogP contribution in [0.25, 0.3) is 0 Å². The highest BCUT2D eigenvalue weighted by atomic mass is 16.5. The highest BCUT2D eigenvalue weighted by Gasteiger charge is 2.29. The summed E-state index contributed by atoms with van der Waals surface area (Å²) in [5, 5.41) is 5.69. The third-order valence-corrected chi connectivity index (χ3v) is 4.79. The second-order valence-corrected chi connectivity index (χ2v) is 7.34. The maximum Gasteiger partial charge on any atom is 0.407 e. The molecule has 0 radical (unpaired) electrons. The van der Waals surface area contributed by atoms with Gasteiger partial charge in [0.2, 0.25) is 0 Å². The summed E-state index contributed by atoms with van der Waals surface area (Å²) in [5.41, 5.74) is 1.82. The molecule has 0 aromatic heterocycles. The molecule has 0 unspecified atom stereocenters. The minimum absolute atomic E-state index is 0.0327.